The summed E-state index contributed by atoms with van der Waals surface area (Å²) >= 11 is 0.967. The van der Waals surface area contributed by atoms with Crippen LogP contribution in [0.2, 0.25) is 0 Å². The fourth-order valence-electron chi connectivity index (χ4n) is 5.37. The first kappa shape index (κ1) is 28.3. The van der Waals surface area contributed by atoms with Gasteiger partial charge in [-0.3, -0.25) is 14.5 Å². The number of ether oxygens (including phenoxy) is 1. The smallest absolute Gasteiger partial charge is 0.273 e. The van der Waals surface area contributed by atoms with Gasteiger partial charge < -0.3 is 15.8 Å². The number of nitrogens with two attached hydrogens (primary N) is 1. The van der Waals surface area contributed by atoms with Crippen molar-refractivity contribution in [3.05, 3.63) is 94.1 Å². The van der Waals surface area contributed by atoms with Crippen molar-refractivity contribution in [2.45, 2.75) is 51.6 Å². The molecule has 4 aromatic rings. The molecule has 212 valence electrons. The molecular formula is C32H33FN4O3S. The number of nitrogens with zero attached hydrogens (tertiary/aromatic N) is 2. The van der Waals surface area contributed by atoms with Crippen molar-refractivity contribution in [2.75, 3.05) is 17.7 Å². The van der Waals surface area contributed by atoms with Crippen LogP contribution in [0.4, 0.5) is 15.8 Å². The molecule has 0 aliphatic heterocycles. The second-order valence-electron chi connectivity index (χ2n) is 10.4. The number of aryl methyl sites for hydroxylation is 2. The molecule has 1 fully saturated rings. The second-order valence-corrected chi connectivity index (χ2v) is 11.2. The second kappa shape index (κ2) is 12.1. The zero-order valence-electron chi connectivity index (χ0n) is 23.3. The van der Waals surface area contributed by atoms with E-state index in [1.54, 1.807) is 31.4 Å². The van der Waals surface area contributed by atoms with Gasteiger partial charge in [0, 0.05) is 17.3 Å². The van der Waals surface area contributed by atoms with E-state index in [-0.39, 0.29) is 28.3 Å². The third-order valence-corrected chi connectivity index (χ3v) is 8.36. The molecule has 1 aliphatic carbocycles. The van der Waals surface area contributed by atoms with Crippen molar-refractivity contribution in [1.29, 1.82) is 0 Å². The first-order valence-electron chi connectivity index (χ1n) is 13.6. The number of aromatic nitrogens is 1. The van der Waals surface area contributed by atoms with Crippen LogP contribution in [0.15, 0.2) is 66.7 Å². The molecule has 3 N–H and O–H groups in total. The maximum absolute atomic E-state index is 14.5. The molecule has 0 bridgehead atoms. The Kier molecular flexibility index (Phi) is 8.35. The lowest BCUT2D eigenvalue weighted by Crippen LogP contribution is -2.46. The molecule has 0 unspecified atom stereocenters. The van der Waals surface area contributed by atoms with E-state index in [0.29, 0.717) is 28.3 Å². The lowest BCUT2D eigenvalue weighted by atomic mass is 10.00. The number of anilines is 2. The van der Waals surface area contributed by atoms with Gasteiger partial charge in [0.05, 0.1) is 12.8 Å². The predicted molar refractivity (Wildman–Crippen MR) is 161 cm³/mol. The largest absolute Gasteiger partial charge is 0.497 e. The van der Waals surface area contributed by atoms with Crippen molar-refractivity contribution in [3.8, 4) is 17.0 Å². The molecule has 5 rings (SSSR count). The van der Waals surface area contributed by atoms with Crippen molar-refractivity contribution in [3.63, 3.8) is 0 Å². The molecule has 7 nitrogen and oxygen atoms in total. The van der Waals surface area contributed by atoms with Gasteiger partial charge in [-0.2, -0.15) is 4.37 Å². The molecule has 0 saturated heterocycles. The molecule has 0 radical (unpaired) electrons. The van der Waals surface area contributed by atoms with E-state index in [2.05, 4.69) is 9.69 Å². The highest BCUT2D eigenvalue weighted by Gasteiger charge is 2.37. The minimum Gasteiger partial charge on any atom is -0.497 e. The molecule has 1 atom stereocenters. The van der Waals surface area contributed by atoms with E-state index < -0.39 is 11.9 Å². The van der Waals surface area contributed by atoms with Crippen LogP contribution in [0.25, 0.3) is 11.3 Å². The summed E-state index contributed by atoms with van der Waals surface area (Å²) in [7, 11) is 1.58. The maximum Gasteiger partial charge on any atom is 0.273 e. The SMILES string of the molecule is COc1ccc([C@H](C(=O)NC2CCCC2)N(C(=O)c2snc(-c3ccc(F)cc3)c2N)c2ccc(C)cc2C)cc1. The zero-order chi connectivity index (χ0) is 29.1. The molecule has 2 amide bonds. The molecule has 9 heteroatoms. The molecule has 1 heterocycles. The van der Waals surface area contributed by atoms with Gasteiger partial charge in [-0.05, 0) is 91.8 Å². The Balaban J connectivity index is 1.64. The number of benzene rings is 3. The van der Waals surface area contributed by atoms with Crippen LogP contribution in [-0.4, -0.2) is 29.3 Å². The Morgan fingerprint density at radius 2 is 1.73 bits per heavy atom. The Morgan fingerprint density at radius 1 is 1.05 bits per heavy atom. The van der Waals surface area contributed by atoms with E-state index in [9.17, 15) is 14.0 Å². The van der Waals surface area contributed by atoms with Gasteiger partial charge >= 0.3 is 0 Å². The standard InChI is InChI=1S/C32H33FN4O3S/c1-19-8-17-26(20(2)18-19)37(32(39)30-27(34)28(36-41-30)21-9-13-23(33)14-10-21)29(22-11-15-25(40-3)16-12-22)31(38)35-24-6-4-5-7-24/h8-18,24,29H,4-7,34H2,1-3H3,(H,35,38)/t29-/m1/s1. The lowest BCUT2D eigenvalue weighted by Gasteiger charge is -2.33. The van der Waals surface area contributed by atoms with Crippen LogP contribution in [0.5, 0.6) is 5.75 Å². The van der Waals surface area contributed by atoms with E-state index in [1.165, 1.54) is 17.0 Å². The van der Waals surface area contributed by atoms with Gasteiger partial charge in [0.2, 0.25) is 5.91 Å². The van der Waals surface area contributed by atoms with Gasteiger partial charge in [0.15, 0.2) is 0 Å². The normalized spacial score (nSPS) is 14.0. The highest BCUT2D eigenvalue weighted by Crippen LogP contribution is 2.38. The summed E-state index contributed by atoms with van der Waals surface area (Å²) in [6, 6.07) is 17.8. The minimum absolute atomic E-state index is 0.0536. The van der Waals surface area contributed by atoms with Gasteiger partial charge in [0.1, 0.15) is 28.2 Å². The van der Waals surface area contributed by atoms with Gasteiger partial charge in [-0.25, -0.2) is 4.39 Å². The van der Waals surface area contributed by atoms with Crippen LogP contribution < -0.4 is 20.7 Å². The van der Waals surface area contributed by atoms with Crippen LogP contribution in [-0.2, 0) is 4.79 Å². The summed E-state index contributed by atoms with van der Waals surface area (Å²) in [5, 5.41) is 3.20. The van der Waals surface area contributed by atoms with Crippen LogP contribution in [0.3, 0.4) is 0 Å². The average molecular weight is 573 g/mol. The minimum atomic E-state index is -0.980. The summed E-state index contributed by atoms with van der Waals surface area (Å²) < 4.78 is 23.4. The highest BCUT2D eigenvalue weighted by molar-refractivity contribution is 7.09. The maximum atomic E-state index is 14.5. The van der Waals surface area contributed by atoms with Gasteiger partial charge in [-0.15, -0.1) is 0 Å². The van der Waals surface area contributed by atoms with E-state index in [0.717, 1.165) is 48.3 Å². The molecule has 0 spiro atoms. The summed E-state index contributed by atoms with van der Waals surface area (Å²) in [5.41, 5.74) is 10.8. The molecule has 1 aromatic heterocycles. The van der Waals surface area contributed by atoms with Crippen molar-refractivity contribution in [2.24, 2.45) is 0 Å². The van der Waals surface area contributed by atoms with Crippen LogP contribution >= 0.6 is 11.5 Å². The lowest BCUT2D eigenvalue weighted by molar-refractivity contribution is -0.123. The highest BCUT2D eigenvalue weighted by atomic mass is 32.1. The van der Waals surface area contributed by atoms with E-state index >= 15 is 0 Å². The third-order valence-electron chi connectivity index (χ3n) is 7.51. The van der Waals surface area contributed by atoms with Crippen LogP contribution in [0, 0.1) is 19.7 Å². The summed E-state index contributed by atoms with van der Waals surface area (Å²) in [4.78, 5) is 30.4. The van der Waals surface area contributed by atoms with Gasteiger partial charge in [0.25, 0.3) is 5.91 Å². The monoisotopic (exact) mass is 572 g/mol. The Bertz CT molecular complexity index is 1550. The molecule has 3 aromatic carbocycles. The number of carbonyl (C=O) groups is 2. The predicted octanol–water partition coefficient (Wildman–Crippen LogP) is 6.60. The van der Waals surface area contributed by atoms with Crippen molar-refractivity contribution >= 4 is 34.7 Å². The quantitative estimate of drug-likeness (QED) is 0.248. The first-order valence-corrected chi connectivity index (χ1v) is 14.4. The fourth-order valence-corrected chi connectivity index (χ4v) is 6.13. The number of nitrogen functional groups attached to an aromatic ring is 1. The first-order chi connectivity index (χ1) is 19.8. The number of methoxy groups -OCH3 is 1. The number of carbonyl (C=O) groups excluding carboxylic acids is 2. The number of rotatable bonds is 8. The zero-order valence-corrected chi connectivity index (χ0v) is 24.1. The summed E-state index contributed by atoms with van der Waals surface area (Å²) in [5.74, 6) is -0.445. The van der Waals surface area contributed by atoms with Gasteiger partial charge in [-0.1, -0.05) is 42.7 Å². The summed E-state index contributed by atoms with van der Waals surface area (Å²) in [6.07, 6.45) is 3.92. The molecule has 41 heavy (non-hydrogen) atoms. The number of hydrogen-bond acceptors (Lipinski definition) is 6. The summed E-state index contributed by atoms with van der Waals surface area (Å²) in [6.45, 7) is 3.90. The number of amides is 2. The van der Waals surface area contributed by atoms with Crippen molar-refractivity contribution < 1.29 is 18.7 Å². The number of nitrogens with one attached hydrogen (secondary N) is 1. The van der Waals surface area contributed by atoms with E-state index in [4.69, 9.17) is 10.5 Å². The van der Waals surface area contributed by atoms with E-state index in [1.807, 2.05) is 44.2 Å². The Morgan fingerprint density at radius 3 is 2.37 bits per heavy atom. The Labute approximate surface area is 243 Å². The van der Waals surface area contributed by atoms with Crippen molar-refractivity contribution in [1.82, 2.24) is 9.69 Å². The number of hydrogen-bond donors (Lipinski definition) is 2. The average Bonchev–Trinajstić information content (AvgIpc) is 3.62. The molecule has 1 aliphatic rings. The fraction of sp³-hybridized carbons (Fsp3) is 0.281. The molecule has 1 saturated carbocycles. The topological polar surface area (TPSA) is 97.5 Å². The molecular weight excluding hydrogens is 539 g/mol. The third kappa shape index (κ3) is 5.95. The van der Waals surface area contributed by atoms with Crippen LogP contribution in [0.1, 0.15) is 58.1 Å². The Hall–Kier alpha value is -4.24. The number of halogens is 1.